The van der Waals surface area contributed by atoms with Gasteiger partial charge in [-0.2, -0.15) is 11.8 Å². The maximum absolute atomic E-state index is 12.4. The summed E-state index contributed by atoms with van der Waals surface area (Å²) in [5, 5.41) is -0.524. The summed E-state index contributed by atoms with van der Waals surface area (Å²) in [6.45, 7) is 2.35. The molecule has 0 aromatic heterocycles. The van der Waals surface area contributed by atoms with E-state index in [4.69, 9.17) is 18.0 Å². The van der Waals surface area contributed by atoms with Crippen LogP contribution in [0.1, 0.15) is 12.5 Å². The molecule has 4 nitrogen and oxygen atoms in total. The summed E-state index contributed by atoms with van der Waals surface area (Å²) >= 11 is 10.2. The monoisotopic (exact) mass is 408 g/mol. The van der Waals surface area contributed by atoms with Gasteiger partial charge in [-0.3, -0.25) is 0 Å². The Morgan fingerprint density at radius 3 is 2.90 bits per heavy atom. The van der Waals surface area contributed by atoms with Crippen molar-refractivity contribution in [3.8, 4) is 0 Å². The van der Waals surface area contributed by atoms with E-state index in [9.17, 15) is 8.42 Å². The maximum Gasteiger partial charge on any atom is 0.171 e. The van der Waals surface area contributed by atoms with Crippen LogP contribution < -0.4 is 10.6 Å². The fourth-order valence-corrected chi connectivity index (χ4v) is 5.80. The van der Waals surface area contributed by atoms with Crippen molar-refractivity contribution in [2.45, 2.75) is 12.3 Å². The van der Waals surface area contributed by atoms with Gasteiger partial charge >= 0.3 is 0 Å². The zero-order chi connectivity index (χ0) is 15.6. The summed E-state index contributed by atoms with van der Waals surface area (Å²) in [6, 6.07) is 5.59. The lowest BCUT2D eigenvalue weighted by atomic mass is 10.1. The van der Waals surface area contributed by atoms with Gasteiger partial charge in [0.05, 0.1) is 0 Å². The number of hydrogen-bond acceptors (Lipinski definition) is 5. The Morgan fingerprint density at radius 2 is 2.29 bits per heavy atom. The minimum atomic E-state index is -3.17. The molecule has 1 aliphatic rings. The molecule has 8 heteroatoms. The fraction of sp³-hybridized carbons (Fsp3) is 0.462. The Hall–Kier alpha value is -0.310. The van der Waals surface area contributed by atoms with Crippen molar-refractivity contribution in [2.24, 2.45) is 5.73 Å². The Morgan fingerprint density at radius 1 is 1.57 bits per heavy atom. The second-order valence-electron chi connectivity index (χ2n) is 4.70. The third kappa shape index (κ3) is 3.72. The molecule has 1 atom stereocenters. The molecule has 0 saturated carbocycles. The normalized spacial score (nSPS) is 19.5. The molecule has 1 saturated heterocycles. The van der Waals surface area contributed by atoms with Crippen LogP contribution in [0.25, 0.3) is 0 Å². The average molecular weight is 409 g/mol. The van der Waals surface area contributed by atoms with Crippen LogP contribution >= 0.6 is 39.9 Å². The van der Waals surface area contributed by atoms with Gasteiger partial charge in [0.25, 0.3) is 0 Å². The molecule has 0 aliphatic carbocycles. The summed E-state index contributed by atoms with van der Waals surface area (Å²) in [4.78, 5) is 2.21. The Balaban J connectivity index is 2.52. The van der Waals surface area contributed by atoms with Crippen LogP contribution in [0.15, 0.2) is 22.7 Å². The molecule has 1 heterocycles. The Kier molecular flexibility index (Phi) is 5.56. The van der Waals surface area contributed by atoms with Crippen molar-refractivity contribution in [2.75, 3.05) is 28.7 Å². The number of hydrogen-bond donors (Lipinski definition) is 1. The summed E-state index contributed by atoms with van der Waals surface area (Å²) in [7, 11) is -3.17. The molecule has 1 aromatic rings. The number of benzene rings is 1. The van der Waals surface area contributed by atoms with Crippen LogP contribution in [0, 0.1) is 0 Å². The van der Waals surface area contributed by atoms with Crippen LogP contribution in [-0.4, -0.2) is 42.6 Å². The zero-order valence-electron chi connectivity index (χ0n) is 11.6. The summed E-state index contributed by atoms with van der Waals surface area (Å²) in [6.07, 6.45) is 0. The first-order valence-electron chi connectivity index (χ1n) is 6.52. The molecular formula is C13H17BrN2O2S3. The molecule has 0 amide bonds. The molecule has 2 N–H and O–H groups in total. The maximum atomic E-state index is 12.4. The summed E-state index contributed by atoms with van der Waals surface area (Å²) in [5.41, 5.74) is 7.30. The van der Waals surface area contributed by atoms with Crippen LogP contribution in [0.4, 0.5) is 5.69 Å². The molecule has 0 radical (unpaired) electrons. The van der Waals surface area contributed by atoms with Gasteiger partial charge in [-0.25, -0.2) is 8.42 Å². The minimum Gasteiger partial charge on any atom is -0.389 e. The van der Waals surface area contributed by atoms with Gasteiger partial charge in [0.1, 0.15) is 10.4 Å². The van der Waals surface area contributed by atoms with Gasteiger partial charge in [-0.15, -0.1) is 0 Å². The molecule has 0 spiro atoms. The predicted molar refractivity (Wildman–Crippen MR) is 97.9 cm³/mol. The van der Waals surface area contributed by atoms with Crippen LogP contribution in [0.3, 0.4) is 0 Å². The van der Waals surface area contributed by atoms with Crippen molar-refractivity contribution in [1.82, 2.24) is 0 Å². The topological polar surface area (TPSA) is 63.4 Å². The number of rotatable bonds is 4. The van der Waals surface area contributed by atoms with Crippen LogP contribution in [0.2, 0.25) is 0 Å². The molecule has 2 rings (SSSR count). The van der Waals surface area contributed by atoms with E-state index in [1.807, 2.05) is 23.1 Å². The minimum absolute atomic E-state index is 0.130. The largest absolute Gasteiger partial charge is 0.389 e. The highest BCUT2D eigenvalue weighted by molar-refractivity contribution is 9.10. The van der Waals surface area contributed by atoms with E-state index in [1.54, 1.807) is 18.7 Å². The van der Waals surface area contributed by atoms with E-state index in [2.05, 4.69) is 15.9 Å². The molecule has 0 bridgehead atoms. The van der Waals surface area contributed by atoms with Gasteiger partial charge in [-0.05, 0) is 18.2 Å². The van der Waals surface area contributed by atoms with Crippen molar-refractivity contribution in [3.63, 3.8) is 0 Å². The first-order chi connectivity index (χ1) is 9.86. The number of sulfone groups is 1. The quantitative estimate of drug-likeness (QED) is 0.771. The van der Waals surface area contributed by atoms with E-state index >= 15 is 0 Å². The number of thiocarbonyl (C=S) groups is 1. The number of nitrogens with two attached hydrogens (primary N) is 1. The molecule has 21 heavy (non-hydrogen) atoms. The third-order valence-electron chi connectivity index (χ3n) is 3.44. The van der Waals surface area contributed by atoms with E-state index in [-0.39, 0.29) is 10.7 Å². The molecule has 1 unspecified atom stereocenters. The summed E-state index contributed by atoms with van der Waals surface area (Å²) in [5.74, 6) is 1.59. The number of anilines is 1. The molecular weight excluding hydrogens is 392 g/mol. The van der Waals surface area contributed by atoms with E-state index in [0.717, 1.165) is 21.5 Å². The fourth-order valence-electron chi connectivity index (χ4n) is 2.30. The average Bonchev–Trinajstić information content (AvgIpc) is 2.46. The van der Waals surface area contributed by atoms with E-state index < -0.39 is 15.2 Å². The van der Waals surface area contributed by atoms with Gasteiger partial charge < -0.3 is 10.6 Å². The highest BCUT2D eigenvalue weighted by atomic mass is 79.9. The lowest BCUT2D eigenvalue weighted by molar-refractivity contribution is 0.579. The van der Waals surface area contributed by atoms with Gasteiger partial charge in [0.15, 0.2) is 9.84 Å². The smallest absolute Gasteiger partial charge is 0.171 e. The van der Waals surface area contributed by atoms with Gasteiger partial charge in [0, 0.05) is 39.5 Å². The predicted octanol–water partition coefficient (Wildman–Crippen LogP) is 2.40. The van der Waals surface area contributed by atoms with Crippen LogP contribution in [0.5, 0.6) is 0 Å². The third-order valence-corrected chi connectivity index (χ3v) is 7.44. The first-order valence-corrected chi connectivity index (χ1v) is 10.6. The SMILES string of the molecule is CCS(=O)(=O)C1CSCCN1c1cc(Br)ccc1C(N)=S. The lowest BCUT2D eigenvalue weighted by Gasteiger charge is -2.37. The molecule has 116 valence electrons. The highest BCUT2D eigenvalue weighted by Crippen LogP contribution is 2.32. The Labute approximate surface area is 143 Å². The van der Waals surface area contributed by atoms with Crippen LogP contribution in [-0.2, 0) is 9.84 Å². The second kappa shape index (κ2) is 6.85. The number of nitrogens with zero attached hydrogens (tertiary/aromatic N) is 1. The Bertz CT molecular complexity index is 649. The number of halogens is 1. The first kappa shape index (κ1) is 17.1. The van der Waals surface area contributed by atoms with E-state index in [0.29, 0.717) is 12.3 Å². The lowest BCUT2D eigenvalue weighted by Crippen LogP contribution is -2.48. The molecule has 1 fully saturated rings. The van der Waals surface area contributed by atoms with Crippen molar-refractivity contribution in [1.29, 1.82) is 0 Å². The highest BCUT2D eigenvalue weighted by Gasteiger charge is 2.34. The summed E-state index contributed by atoms with van der Waals surface area (Å²) < 4.78 is 25.6. The standard InChI is InChI=1S/C13H17BrN2O2S3/c1-2-21(17,18)12-8-20-6-5-16(12)11-7-9(14)3-4-10(11)13(15)19/h3-4,7,12H,2,5-6,8H2,1H3,(H2,15,19). The number of thioether (sulfide) groups is 1. The van der Waals surface area contributed by atoms with Gasteiger partial charge in [0.2, 0.25) is 0 Å². The zero-order valence-corrected chi connectivity index (χ0v) is 15.6. The van der Waals surface area contributed by atoms with Crippen molar-refractivity contribution >= 4 is 60.4 Å². The van der Waals surface area contributed by atoms with Crippen molar-refractivity contribution in [3.05, 3.63) is 28.2 Å². The molecule has 1 aromatic carbocycles. The van der Waals surface area contributed by atoms with Crippen molar-refractivity contribution < 1.29 is 8.42 Å². The van der Waals surface area contributed by atoms with E-state index in [1.165, 1.54) is 0 Å². The second-order valence-corrected chi connectivity index (χ2v) is 9.65. The molecule has 1 aliphatic heterocycles. The van der Waals surface area contributed by atoms with Gasteiger partial charge in [-0.1, -0.05) is 35.1 Å².